The lowest BCUT2D eigenvalue weighted by atomic mass is 9.99. The van der Waals surface area contributed by atoms with Gasteiger partial charge in [-0.15, -0.1) is 0 Å². The van der Waals surface area contributed by atoms with Crippen molar-refractivity contribution >= 4 is 6.03 Å². The molecular formula is C17H27N7O. The average Bonchev–Trinajstić information content (AvgIpc) is 3.11. The van der Waals surface area contributed by atoms with Crippen molar-refractivity contribution in [2.75, 3.05) is 6.54 Å². The lowest BCUT2D eigenvalue weighted by molar-refractivity contribution is 0.171. The normalized spacial score (nSPS) is 19.5. The van der Waals surface area contributed by atoms with E-state index in [2.05, 4.69) is 25.6 Å². The first-order chi connectivity index (χ1) is 12.1. The molecule has 2 unspecified atom stereocenters. The molecule has 3 heterocycles. The van der Waals surface area contributed by atoms with Gasteiger partial charge in [-0.05, 0) is 33.6 Å². The Hall–Kier alpha value is -2.38. The Morgan fingerprint density at radius 2 is 2.24 bits per heavy atom. The van der Waals surface area contributed by atoms with Crippen LogP contribution in [0.4, 0.5) is 4.79 Å². The standard InChI is InChI=1S/C17H27N7O/c1-12(9-23-11-18-10-19-23)20-17(25)24-8-6-4-5-7-15(24)16-13(2)21-22-14(16)3/h10-12,15H,4-9H2,1-3H3,(H,20,25)(H,21,22). The number of aromatic amines is 1. The summed E-state index contributed by atoms with van der Waals surface area (Å²) in [6.45, 7) is 7.40. The van der Waals surface area contributed by atoms with Crippen LogP contribution in [-0.2, 0) is 6.54 Å². The van der Waals surface area contributed by atoms with Crippen molar-refractivity contribution in [3.8, 4) is 0 Å². The molecule has 8 heteroatoms. The predicted octanol–water partition coefficient (Wildman–Crippen LogP) is 2.33. The molecule has 1 saturated heterocycles. The van der Waals surface area contributed by atoms with E-state index in [-0.39, 0.29) is 18.1 Å². The van der Waals surface area contributed by atoms with Crippen LogP contribution in [0.1, 0.15) is 55.6 Å². The molecule has 3 rings (SSSR count). The molecule has 2 aromatic heterocycles. The lowest BCUT2D eigenvalue weighted by Crippen LogP contribution is -2.46. The summed E-state index contributed by atoms with van der Waals surface area (Å²) in [6, 6.07) is 0.0454. The Labute approximate surface area is 148 Å². The highest BCUT2D eigenvalue weighted by Crippen LogP contribution is 2.33. The summed E-state index contributed by atoms with van der Waals surface area (Å²) >= 11 is 0. The zero-order valence-corrected chi connectivity index (χ0v) is 15.2. The van der Waals surface area contributed by atoms with Gasteiger partial charge in [0.05, 0.1) is 18.3 Å². The van der Waals surface area contributed by atoms with Crippen LogP contribution in [0.25, 0.3) is 0 Å². The smallest absolute Gasteiger partial charge is 0.318 e. The molecule has 0 bridgehead atoms. The van der Waals surface area contributed by atoms with Crippen LogP contribution in [0.3, 0.4) is 0 Å². The molecule has 0 saturated carbocycles. The van der Waals surface area contributed by atoms with Gasteiger partial charge >= 0.3 is 6.03 Å². The molecule has 2 amide bonds. The van der Waals surface area contributed by atoms with E-state index in [4.69, 9.17) is 0 Å². The Morgan fingerprint density at radius 1 is 1.40 bits per heavy atom. The summed E-state index contributed by atoms with van der Waals surface area (Å²) in [5, 5.41) is 14.6. The van der Waals surface area contributed by atoms with Gasteiger partial charge in [0.25, 0.3) is 0 Å². The molecule has 8 nitrogen and oxygen atoms in total. The van der Waals surface area contributed by atoms with Crippen LogP contribution in [-0.4, -0.2) is 48.5 Å². The quantitative estimate of drug-likeness (QED) is 0.889. The van der Waals surface area contributed by atoms with Crippen molar-refractivity contribution in [1.29, 1.82) is 0 Å². The topological polar surface area (TPSA) is 91.7 Å². The number of hydrogen-bond donors (Lipinski definition) is 2. The highest BCUT2D eigenvalue weighted by atomic mass is 16.2. The van der Waals surface area contributed by atoms with Crippen LogP contribution in [0, 0.1) is 13.8 Å². The average molecular weight is 345 g/mol. The van der Waals surface area contributed by atoms with Gasteiger partial charge in [-0.2, -0.15) is 10.2 Å². The minimum absolute atomic E-state index is 0.0143. The summed E-state index contributed by atoms with van der Waals surface area (Å²) < 4.78 is 1.73. The minimum atomic E-state index is -0.0235. The largest absolute Gasteiger partial charge is 0.334 e. The number of carbonyl (C=O) groups is 1. The summed E-state index contributed by atoms with van der Waals surface area (Å²) in [6.07, 6.45) is 7.47. The zero-order valence-electron chi connectivity index (χ0n) is 15.2. The molecule has 2 aromatic rings. The molecule has 1 aliphatic rings. The van der Waals surface area contributed by atoms with E-state index in [0.29, 0.717) is 6.54 Å². The number of hydrogen-bond acceptors (Lipinski definition) is 4. The highest BCUT2D eigenvalue weighted by molar-refractivity contribution is 5.75. The maximum Gasteiger partial charge on any atom is 0.318 e. The van der Waals surface area contributed by atoms with Crippen molar-refractivity contribution in [3.05, 3.63) is 29.6 Å². The number of carbonyl (C=O) groups excluding carboxylic acids is 1. The number of urea groups is 1. The van der Waals surface area contributed by atoms with Crippen LogP contribution in [0.15, 0.2) is 12.7 Å². The molecule has 1 fully saturated rings. The van der Waals surface area contributed by atoms with Gasteiger partial charge in [-0.1, -0.05) is 12.8 Å². The molecule has 0 radical (unpaired) electrons. The van der Waals surface area contributed by atoms with E-state index >= 15 is 0 Å². The summed E-state index contributed by atoms with van der Waals surface area (Å²) in [5.41, 5.74) is 3.21. The maximum absolute atomic E-state index is 13.0. The number of aromatic nitrogens is 5. The van der Waals surface area contributed by atoms with Crippen molar-refractivity contribution in [3.63, 3.8) is 0 Å². The Bertz CT molecular complexity index is 674. The first kappa shape index (κ1) is 17.4. The van der Waals surface area contributed by atoms with E-state index in [1.165, 1.54) is 11.9 Å². The number of nitrogens with zero attached hydrogens (tertiary/aromatic N) is 5. The number of amides is 2. The Kier molecular flexibility index (Phi) is 5.35. The van der Waals surface area contributed by atoms with Gasteiger partial charge in [0.15, 0.2) is 0 Å². The second kappa shape index (κ2) is 7.67. The second-order valence-electron chi connectivity index (χ2n) is 6.87. The zero-order chi connectivity index (χ0) is 17.8. The Morgan fingerprint density at radius 3 is 2.92 bits per heavy atom. The summed E-state index contributed by atoms with van der Waals surface area (Å²) in [5.74, 6) is 0. The van der Waals surface area contributed by atoms with E-state index in [1.807, 2.05) is 25.7 Å². The number of nitrogens with one attached hydrogen (secondary N) is 2. The van der Waals surface area contributed by atoms with E-state index in [1.54, 1.807) is 11.0 Å². The SMILES string of the molecule is Cc1n[nH]c(C)c1C1CCCCCN1C(=O)NC(C)Cn1cncn1. The van der Waals surface area contributed by atoms with Gasteiger partial charge in [0.1, 0.15) is 12.7 Å². The summed E-state index contributed by atoms with van der Waals surface area (Å²) in [4.78, 5) is 18.9. The van der Waals surface area contributed by atoms with E-state index in [9.17, 15) is 4.79 Å². The van der Waals surface area contributed by atoms with Crippen molar-refractivity contribution in [2.45, 2.75) is 65.1 Å². The van der Waals surface area contributed by atoms with E-state index in [0.717, 1.165) is 43.6 Å². The van der Waals surface area contributed by atoms with Crippen molar-refractivity contribution in [2.24, 2.45) is 0 Å². The summed E-state index contributed by atoms with van der Waals surface area (Å²) in [7, 11) is 0. The fraction of sp³-hybridized carbons (Fsp3) is 0.647. The molecule has 0 aromatic carbocycles. The van der Waals surface area contributed by atoms with Gasteiger partial charge in [0.2, 0.25) is 0 Å². The molecule has 1 aliphatic heterocycles. The Balaban J connectivity index is 1.73. The number of rotatable bonds is 4. The molecule has 25 heavy (non-hydrogen) atoms. The predicted molar refractivity (Wildman–Crippen MR) is 94.0 cm³/mol. The number of aryl methyl sites for hydroxylation is 2. The van der Waals surface area contributed by atoms with Gasteiger partial charge in [-0.25, -0.2) is 9.78 Å². The van der Waals surface area contributed by atoms with Gasteiger partial charge in [0, 0.05) is 23.8 Å². The van der Waals surface area contributed by atoms with Crippen molar-refractivity contribution in [1.82, 2.24) is 35.2 Å². The van der Waals surface area contributed by atoms with Gasteiger partial charge in [-0.3, -0.25) is 9.78 Å². The van der Waals surface area contributed by atoms with Crippen LogP contribution < -0.4 is 5.32 Å². The molecule has 2 N–H and O–H groups in total. The highest BCUT2D eigenvalue weighted by Gasteiger charge is 2.30. The number of H-pyrrole nitrogens is 1. The molecule has 0 spiro atoms. The minimum Gasteiger partial charge on any atom is -0.334 e. The number of likely N-dealkylation sites (tertiary alicyclic amines) is 1. The van der Waals surface area contributed by atoms with Crippen molar-refractivity contribution < 1.29 is 4.79 Å². The third-order valence-electron chi connectivity index (χ3n) is 4.83. The van der Waals surface area contributed by atoms with E-state index < -0.39 is 0 Å². The van der Waals surface area contributed by atoms with Gasteiger partial charge < -0.3 is 10.2 Å². The van der Waals surface area contributed by atoms with Crippen LogP contribution in [0.5, 0.6) is 0 Å². The fourth-order valence-electron chi connectivity index (χ4n) is 3.65. The second-order valence-corrected chi connectivity index (χ2v) is 6.87. The molecule has 2 atom stereocenters. The van der Waals surface area contributed by atoms with Crippen LogP contribution in [0.2, 0.25) is 0 Å². The first-order valence-corrected chi connectivity index (χ1v) is 8.97. The molecule has 0 aliphatic carbocycles. The third kappa shape index (κ3) is 4.00. The van der Waals surface area contributed by atoms with Crippen LogP contribution >= 0.6 is 0 Å². The molecular weight excluding hydrogens is 318 g/mol. The molecule has 136 valence electrons. The fourth-order valence-corrected chi connectivity index (χ4v) is 3.65. The monoisotopic (exact) mass is 345 g/mol. The third-order valence-corrected chi connectivity index (χ3v) is 4.83. The lowest BCUT2D eigenvalue weighted by Gasteiger charge is -2.32. The maximum atomic E-state index is 13.0. The first-order valence-electron chi connectivity index (χ1n) is 8.97.